The average molecular weight is 304 g/mol. The molecular formula is C16H24F3P. The van der Waals surface area contributed by atoms with Crippen LogP contribution in [0.2, 0.25) is 0 Å². The monoisotopic (exact) mass is 304 g/mol. The fourth-order valence-electron chi connectivity index (χ4n) is 3.18. The van der Waals surface area contributed by atoms with Crippen LogP contribution in [-0.2, 0) is 6.42 Å². The van der Waals surface area contributed by atoms with Gasteiger partial charge in [-0.15, -0.1) is 0 Å². The Morgan fingerprint density at radius 3 is 2.35 bits per heavy atom. The second kappa shape index (κ2) is 6.05. The van der Waals surface area contributed by atoms with Gasteiger partial charge in [-0.3, -0.25) is 0 Å². The van der Waals surface area contributed by atoms with Gasteiger partial charge < -0.3 is 0 Å². The third-order valence-corrected chi connectivity index (χ3v) is 5.45. The Hall–Kier alpha value is -0.560. The van der Waals surface area contributed by atoms with Crippen LogP contribution >= 0.6 is 7.54 Å². The van der Waals surface area contributed by atoms with Gasteiger partial charge in [0.05, 0.1) is 0 Å². The molecule has 114 valence electrons. The van der Waals surface area contributed by atoms with Gasteiger partial charge in [0.2, 0.25) is 0 Å². The van der Waals surface area contributed by atoms with Crippen LogP contribution in [0.15, 0.2) is 24.3 Å². The summed E-state index contributed by atoms with van der Waals surface area (Å²) in [6, 6.07) is 8.11. The third-order valence-electron chi connectivity index (χ3n) is 4.18. The van der Waals surface area contributed by atoms with Crippen molar-refractivity contribution in [3.63, 3.8) is 0 Å². The van der Waals surface area contributed by atoms with E-state index in [1.54, 1.807) is 0 Å². The molecule has 1 aromatic carbocycles. The second-order valence-electron chi connectivity index (χ2n) is 6.23. The van der Waals surface area contributed by atoms with Gasteiger partial charge in [-0.05, 0) is 0 Å². The Kier molecular flexibility index (Phi) is 4.79. The Balaban J connectivity index is 2.01. The van der Waals surface area contributed by atoms with E-state index in [2.05, 4.69) is 6.07 Å². The molecule has 0 aliphatic heterocycles. The minimum atomic E-state index is -5.83. The SMILES string of the molecule is CP(F)(F)(F)CCCc1ccccc1C1CCCCC1. The van der Waals surface area contributed by atoms with Gasteiger partial charge in [-0.25, -0.2) is 0 Å². The molecule has 0 amide bonds. The van der Waals surface area contributed by atoms with Crippen molar-refractivity contribution in [2.75, 3.05) is 12.8 Å². The summed E-state index contributed by atoms with van der Waals surface area (Å²) in [5.74, 6) is 0.568. The standard InChI is InChI=1S/C16H24F3P/c1-20(17,18,19)13-7-11-15-10-5-6-12-16(15)14-8-3-2-4-9-14/h5-6,10,12,14H,2-4,7-9,11,13H2,1H3. The first-order valence-corrected chi connectivity index (χ1v) is 10.1. The van der Waals surface area contributed by atoms with E-state index >= 15 is 0 Å². The van der Waals surface area contributed by atoms with Crippen LogP contribution < -0.4 is 0 Å². The van der Waals surface area contributed by atoms with Gasteiger partial charge in [0.1, 0.15) is 0 Å². The van der Waals surface area contributed by atoms with Crippen molar-refractivity contribution in [1.29, 1.82) is 0 Å². The van der Waals surface area contributed by atoms with Gasteiger partial charge in [0, 0.05) is 0 Å². The number of hydrogen-bond acceptors (Lipinski definition) is 0. The molecule has 0 bridgehead atoms. The van der Waals surface area contributed by atoms with E-state index in [1.165, 1.54) is 37.7 Å². The predicted octanol–water partition coefficient (Wildman–Crippen LogP) is 6.50. The van der Waals surface area contributed by atoms with E-state index in [4.69, 9.17) is 0 Å². The van der Waals surface area contributed by atoms with Crippen molar-refractivity contribution in [3.8, 4) is 0 Å². The van der Waals surface area contributed by atoms with Crippen molar-refractivity contribution in [3.05, 3.63) is 35.4 Å². The van der Waals surface area contributed by atoms with Crippen LogP contribution in [0.3, 0.4) is 0 Å². The van der Waals surface area contributed by atoms with Gasteiger partial charge in [-0.1, -0.05) is 0 Å². The summed E-state index contributed by atoms with van der Waals surface area (Å²) in [5.41, 5.74) is 2.44. The number of benzene rings is 1. The van der Waals surface area contributed by atoms with Crippen LogP contribution in [0.1, 0.15) is 55.6 Å². The Morgan fingerprint density at radius 2 is 1.70 bits per heavy atom. The molecule has 0 nitrogen and oxygen atoms in total. The van der Waals surface area contributed by atoms with Crippen LogP contribution in [-0.4, -0.2) is 12.8 Å². The molecule has 1 fully saturated rings. The van der Waals surface area contributed by atoms with Gasteiger partial charge in [0.15, 0.2) is 0 Å². The van der Waals surface area contributed by atoms with Gasteiger partial charge >= 0.3 is 119 Å². The first-order valence-electron chi connectivity index (χ1n) is 7.56. The topological polar surface area (TPSA) is 0 Å². The summed E-state index contributed by atoms with van der Waals surface area (Å²) in [4.78, 5) is 0. The molecule has 1 aliphatic rings. The first kappa shape index (κ1) is 15.8. The molecule has 2 rings (SSSR count). The van der Waals surface area contributed by atoms with Gasteiger partial charge in [0.25, 0.3) is 0 Å². The molecular weight excluding hydrogens is 280 g/mol. The van der Waals surface area contributed by atoms with Crippen molar-refractivity contribution >= 4 is 7.54 Å². The molecule has 0 radical (unpaired) electrons. The first-order chi connectivity index (χ1) is 9.31. The predicted molar refractivity (Wildman–Crippen MR) is 81.6 cm³/mol. The zero-order valence-electron chi connectivity index (χ0n) is 12.1. The number of hydrogen-bond donors (Lipinski definition) is 0. The van der Waals surface area contributed by atoms with Crippen molar-refractivity contribution in [1.82, 2.24) is 0 Å². The molecule has 0 atom stereocenters. The molecule has 0 saturated heterocycles. The number of aryl methyl sites for hydroxylation is 1. The quantitative estimate of drug-likeness (QED) is 0.544. The Bertz CT molecular complexity index is 435. The van der Waals surface area contributed by atoms with Crippen LogP contribution in [0.5, 0.6) is 0 Å². The molecule has 1 aromatic rings. The molecule has 0 N–H and O–H groups in total. The normalized spacial score (nSPS) is 19.5. The van der Waals surface area contributed by atoms with Crippen molar-refractivity contribution in [2.24, 2.45) is 0 Å². The molecule has 0 unspecified atom stereocenters. The number of halogens is 3. The molecule has 0 aromatic heterocycles. The maximum absolute atomic E-state index is 13.0. The molecule has 1 saturated carbocycles. The summed E-state index contributed by atoms with van der Waals surface area (Å²) < 4.78 is 39.1. The Labute approximate surface area is 120 Å². The summed E-state index contributed by atoms with van der Waals surface area (Å²) >= 11 is 0. The molecule has 4 heteroatoms. The average Bonchev–Trinajstić information content (AvgIpc) is 2.38. The summed E-state index contributed by atoms with van der Waals surface area (Å²) in [5, 5.41) is 0. The summed E-state index contributed by atoms with van der Waals surface area (Å²) in [7, 11) is -5.83. The third kappa shape index (κ3) is 5.09. The zero-order chi connectivity index (χ0) is 14.7. The van der Waals surface area contributed by atoms with Crippen LogP contribution in [0.4, 0.5) is 12.6 Å². The zero-order valence-corrected chi connectivity index (χ0v) is 13.0. The van der Waals surface area contributed by atoms with Crippen LogP contribution in [0, 0.1) is 0 Å². The van der Waals surface area contributed by atoms with E-state index in [1.807, 2.05) is 18.2 Å². The van der Waals surface area contributed by atoms with Crippen molar-refractivity contribution < 1.29 is 12.6 Å². The molecule has 0 spiro atoms. The van der Waals surface area contributed by atoms with Gasteiger partial charge in [-0.2, -0.15) is 0 Å². The second-order valence-corrected chi connectivity index (χ2v) is 9.43. The fourth-order valence-corrected chi connectivity index (χ4v) is 4.01. The molecule has 0 heterocycles. The van der Waals surface area contributed by atoms with E-state index in [0.717, 1.165) is 5.56 Å². The molecule has 20 heavy (non-hydrogen) atoms. The fraction of sp³-hybridized carbons (Fsp3) is 0.625. The molecule has 1 aliphatic carbocycles. The minimum absolute atomic E-state index is 0.238. The van der Waals surface area contributed by atoms with E-state index in [9.17, 15) is 12.6 Å². The van der Waals surface area contributed by atoms with E-state index in [0.29, 0.717) is 19.0 Å². The Morgan fingerprint density at radius 1 is 1.05 bits per heavy atom. The van der Waals surface area contributed by atoms with E-state index < -0.39 is 13.7 Å². The maximum atomic E-state index is 13.0. The van der Waals surface area contributed by atoms with Crippen molar-refractivity contribution in [2.45, 2.75) is 50.9 Å². The number of rotatable bonds is 5. The summed E-state index contributed by atoms with van der Waals surface area (Å²) in [6.45, 7) is 0.499. The summed E-state index contributed by atoms with van der Waals surface area (Å²) in [6.07, 6.45) is 6.42. The van der Waals surface area contributed by atoms with Crippen LogP contribution in [0.25, 0.3) is 0 Å². The van der Waals surface area contributed by atoms with E-state index in [-0.39, 0.29) is 6.42 Å².